The van der Waals surface area contributed by atoms with Crippen LogP contribution < -0.4 is 0 Å². The molecule has 0 unspecified atom stereocenters. The van der Waals surface area contributed by atoms with Gasteiger partial charge in [0.1, 0.15) is 4.32 Å². The molecule has 1 nitrogen and oxygen atoms in total. The number of alkyl halides is 1. The third-order valence-electron chi connectivity index (χ3n) is 1.33. The molecule has 0 spiro atoms. The average molecular weight is 226 g/mol. The van der Waals surface area contributed by atoms with E-state index in [0.29, 0.717) is 6.00 Å². The standard InChI is InChI=1S/C8H16ClNS2/c1-3-5-10(7-9)8(11)12-6-4-2/h3-7H2,1-2H3. The first-order chi connectivity index (χ1) is 5.76. The molecule has 0 aromatic heterocycles. The Balaban J connectivity index is 3.69. The van der Waals surface area contributed by atoms with Crippen molar-refractivity contribution < 1.29 is 0 Å². The summed E-state index contributed by atoms with van der Waals surface area (Å²) in [6, 6.07) is 0.517. The Bertz CT molecular complexity index is 130. The van der Waals surface area contributed by atoms with Crippen LogP contribution in [0.15, 0.2) is 0 Å². The first kappa shape index (κ1) is 12.5. The normalized spacial score (nSPS) is 9.92. The van der Waals surface area contributed by atoms with Gasteiger partial charge in [-0.3, -0.25) is 0 Å². The minimum Gasteiger partial charge on any atom is -0.344 e. The Morgan fingerprint density at radius 3 is 2.50 bits per heavy atom. The molecule has 0 aromatic rings. The summed E-state index contributed by atoms with van der Waals surface area (Å²) < 4.78 is 0.939. The van der Waals surface area contributed by atoms with Gasteiger partial charge in [0.05, 0.1) is 6.00 Å². The van der Waals surface area contributed by atoms with E-state index in [1.54, 1.807) is 11.8 Å². The molecule has 0 saturated carbocycles. The molecule has 0 aliphatic carbocycles. The summed E-state index contributed by atoms with van der Waals surface area (Å²) in [5.74, 6) is 1.09. The zero-order chi connectivity index (χ0) is 9.40. The van der Waals surface area contributed by atoms with Crippen molar-refractivity contribution in [2.45, 2.75) is 26.7 Å². The Hall–Kier alpha value is 0.530. The van der Waals surface area contributed by atoms with E-state index < -0.39 is 0 Å². The lowest BCUT2D eigenvalue weighted by Crippen LogP contribution is -2.26. The molecule has 0 saturated heterocycles. The molecule has 0 aliphatic heterocycles. The highest BCUT2D eigenvalue weighted by Gasteiger charge is 2.06. The van der Waals surface area contributed by atoms with Gasteiger partial charge in [0, 0.05) is 6.54 Å². The van der Waals surface area contributed by atoms with E-state index in [1.165, 1.54) is 0 Å². The third-order valence-corrected chi connectivity index (χ3v) is 3.34. The summed E-state index contributed by atoms with van der Waals surface area (Å²) in [4.78, 5) is 2.04. The topological polar surface area (TPSA) is 3.24 Å². The lowest BCUT2D eigenvalue weighted by Gasteiger charge is -2.20. The van der Waals surface area contributed by atoms with Crippen LogP contribution in [0.1, 0.15) is 26.7 Å². The van der Waals surface area contributed by atoms with Crippen molar-refractivity contribution >= 4 is 39.9 Å². The molecular formula is C8H16ClNS2. The van der Waals surface area contributed by atoms with Gasteiger partial charge < -0.3 is 4.90 Å². The lowest BCUT2D eigenvalue weighted by molar-refractivity contribution is 0.497. The van der Waals surface area contributed by atoms with E-state index in [1.807, 2.05) is 4.90 Å². The molecule has 0 atom stereocenters. The summed E-state index contributed by atoms with van der Waals surface area (Å²) >= 11 is 12.7. The number of thiocarbonyl (C=S) groups is 1. The van der Waals surface area contributed by atoms with Gasteiger partial charge in [-0.05, 0) is 18.6 Å². The quantitative estimate of drug-likeness (QED) is 0.402. The van der Waals surface area contributed by atoms with E-state index in [4.69, 9.17) is 23.8 Å². The van der Waals surface area contributed by atoms with Crippen molar-refractivity contribution in [3.05, 3.63) is 0 Å². The van der Waals surface area contributed by atoms with Gasteiger partial charge in [-0.15, -0.1) is 11.6 Å². The van der Waals surface area contributed by atoms with Crippen LogP contribution in [-0.2, 0) is 0 Å². The lowest BCUT2D eigenvalue weighted by atomic mass is 10.5. The second-order valence-electron chi connectivity index (χ2n) is 2.50. The highest BCUT2D eigenvalue weighted by molar-refractivity contribution is 8.22. The zero-order valence-electron chi connectivity index (χ0n) is 7.68. The van der Waals surface area contributed by atoms with Gasteiger partial charge in [0.15, 0.2) is 0 Å². The van der Waals surface area contributed by atoms with Gasteiger partial charge >= 0.3 is 0 Å². The molecule has 4 heteroatoms. The maximum atomic E-state index is 5.75. The Morgan fingerprint density at radius 1 is 1.42 bits per heavy atom. The van der Waals surface area contributed by atoms with E-state index in [-0.39, 0.29) is 0 Å². The average Bonchev–Trinajstić information content (AvgIpc) is 2.10. The van der Waals surface area contributed by atoms with Crippen molar-refractivity contribution in [3.8, 4) is 0 Å². The number of hydrogen-bond acceptors (Lipinski definition) is 2. The summed E-state index contributed by atoms with van der Waals surface area (Å²) in [6.07, 6.45) is 2.26. The van der Waals surface area contributed by atoms with Crippen molar-refractivity contribution in [3.63, 3.8) is 0 Å². The molecule has 0 N–H and O–H groups in total. The van der Waals surface area contributed by atoms with Crippen molar-refractivity contribution in [1.29, 1.82) is 0 Å². The molecule has 0 rings (SSSR count). The monoisotopic (exact) mass is 225 g/mol. The predicted molar refractivity (Wildman–Crippen MR) is 63.1 cm³/mol. The Labute approximate surface area is 89.8 Å². The molecule has 0 heterocycles. The van der Waals surface area contributed by atoms with Gasteiger partial charge in [-0.25, -0.2) is 0 Å². The summed E-state index contributed by atoms with van der Waals surface area (Å²) in [5, 5.41) is 0. The summed E-state index contributed by atoms with van der Waals surface area (Å²) in [6.45, 7) is 5.26. The zero-order valence-corrected chi connectivity index (χ0v) is 10.1. The van der Waals surface area contributed by atoms with Crippen LogP contribution in [0.25, 0.3) is 0 Å². The predicted octanol–water partition coefficient (Wildman–Crippen LogP) is 3.32. The Morgan fingerprint density at radius 2 is 2.08 bits per heavy atom. The fraction of sp³-hybridized carbons (Fsp3) is 0.875. The molecule has 0 amide bonds. The molecule has 0 aliphatic rings. The second kappa shape index (κ2) is 8.14. The largest absolute Gasteiger partial charge is 0.344 e. The van der Waals surface area contributed by atoms with E-state index in [2.05, 4.69) is 13.8 Å². The summed E-state index contributed by atoms with van der Waals surface area (Å²) in [7, 11) is 0. The fourth-order valence-electron chi connectivity index (χ4n) is 0.750. The van der Waals surface area contributed by atoms with Crippen LogP contribution in [0.2, 0.25) is 0 Å². The van der Waals surface area contributed by atoms with Crippen molar-refractivity contribution in [1.82, 2.24) is 4.90 Å². The van der Waals surface area contributed by atoms with Crippen LogP contribution in [0.4, 0.5) is 0 Å². The van der Waals surface area contributed by atoms with Crippen LogP contribution in [0.3, 0.4) is 0 Å². The molecule has 12 heavy (non-hydrogen) atoms. The molecule has 0 aromatic carbocycles. The van der Waals surface area contributed by atoms with Gasteiger partial charge in [-0.1, -0.05) is 37.8 Å². The number of thioether (sulfide) groups is 1. The molecule has 72 valence electrons. The smallest absolute Gasteiger partial charge is 0.137 e. The van der Waals surface area contributed by atoms with Crippen molar-refractivity contribution in [2.24, 2.45) is 0 Å². The maximum absolute atomic E-state index is 5.75. The molecular weight excluding hydrogens is 210 g/mol. The first-order valence-electron chi connectivity index (χ1n) is 4.23. The number of halogens is 1. The van der Waals surface area contributed by atoms with Gasteiger partial charge in [0.2, 0.25) is 0 Å². The minimum absolute atomic E-state index is 0.517. The van der Waals surface area contributed by atoms with E-state index >= 15 is 0 Å². The Kier molecular flexibility index (Phi) is 8.50. The maximum Gasteiger partial charge on any atom is 0.137 e. The van der Waals surface area contributed by atoms with Crippen molar-refractivity contribution in [2.75, 3.05) is 18.3 Å². The summed E-state index contributed by atoms with van der Waals surface area (Å²) in [5.41, 5.74) is 0. The molecule has 0 bridgehead atoms. The number of hydrogen-bond donors (Lipinski definition) is 0. The highest BCUT2D eigenvalue weighted by atomic mass is 35.5. The van der Waals surface area contributed by atoms with Crippen LogP contribution in [-0.4, -0.2) is 27.5 Å². The van der Waals surface area contributed by atoms with E-state index in [0.717, 1.165) is 29.5 Å². The number of rotatable bonds is 5. The third kappa shape index (κ3) is 5.22. The first-order valence-corrected chi connectivity index (χ1v) is 6.16. The van der Waals surface area contributed by atoms with Gasteiger partial charge in [-0.2, -0.15) is 0 Å². The SMILES string of the molecule is CCCSC(=S)N(CCl)CCC. The fourth-order valence-corrected chi connectivity index (χ4v) is 2.25. The van der Waals surface area contributed by atoms with Crippen LogP contribution >= 0.6 is 35.6 Å². The molecule has 0 radical (unpaired) electrons. The van der Waals surface area contributed by atoms with Crippen LogP contribution in [0, 0.1) is 0 Å². The second-order valence-corrected chi connectivity index (χ2v) is 4.47. The van der Waals surface area contributed by atoms with Gasteiger partial charge in [0.25, 0.3) is 0 Å². The highest BCUT2D eigenvalue weighted by Crippen LogP contribution is 2.11. The molecule has 0 fully saturated rings. The van der Waals surface area contributed by atoms with E-state index in [9.17, 15) is 0 Å². The van der Waals surface area contributed by atoms with Crippen LogP contribution in [0.5, 0.6) is 0 Å². The minimum atomic E-state index is 0.517. The number of nitrogens with zero attached hydrogens (tertiary/aromatic N) is 1.